The average Bonchev–Trinajstić information content (AvgIpc) is 2.13. The van der Waals surface area contributed by atoms with Crippen LogP contribution in [0.15, 0.2) is 0 Å². The minimum atomic E-state index is 0.222. The molecule has 0 aromatic carbocycles. The zero-order chi connectivity index (χ0) is 9.94. The molecular weight excluding hydrogens is 162 g/mol. The van der Waals surface area contributed by atoms with E-state index in [1.807, 2.05) is 0 Å². The maximum atomic E-state index is 8.76. The molecule has 0 aromatic rings. The van der Waals surface area contributed by atoms with Crippen LogP contribution < -0.4 is 0 Å². The smallest absolute Gasteiger partial charge is 0.0624 e. The van der Waals surface area contributed by atoms with Crippen LogP contribution in [-0.2, 0) is 0 Å². The number of unbranched alkanes of at least 4 members (excludes halogenated alkanes) is 3. The summed E-state index contributed by atoms with van der Waals surface area (Å²) in [6.07, 6.45) is 7.52. The molecule has 0 bridgehead atoms. The first kappa shape index (κ1) is 12.4. The van der Waals surface area contributed by atoms with E-state index in [9.17, 15) is 0 Å². The summed E-state index contributed by atoms with van der Waals surface area (Å²) < 4.78 is 0. The Hall–Kier alpha value is -0.550. The van der Waals surface area contributed by atoms with Crippen molar-refractivity contribution in [1.82, 2.24) is 0 Å². The molecule has 0 saturated carbocycles. The normalized spacial score (nSPS) is 12.4. The van der Waals surface area contributed by atoms with Crippen molar-refractivity contribution < 1.29 is 5.11 Å². The van der Waals surface area contributed by atoms with Crippen molar-refractivity contribution in [3.05, 3.63) is 0 Å². The van der Waals surface area contributed by atoms with Gasteiger partial charge in [0.15, 0.2) is 0 Å². The summed E-state index contributed by atoms with van der Waals surface area (Å²) in [7, 11) is 0. The number of nitriles is 1. The second kappa shape index (κ2) is 9.54. The van der Waals surface area contributed by atoms with E-state index in [0.717, 1.165) is 12.8 Å². The first-order chi connectivity index (χ1) is 6.35. The molecule has 76 valence electrons. The summed E-state index contributed by atoms with van der Waals surface area (Å²) in [5, 5.41) is 17.3. The van der Waals surface area contributed by atoms with Crippen LogP contribution in [0, 0.1) is 17.2 Å². The van der Waals surface area contributed by atoms with Crippen molar-refractivity contribution in [2.45, 2.75) is 51.9 Å². The molecule has 0 spiro atoms. The summed E-state index contributed by atoms with van der Waals surface area (Å²) >= 11 is 0. The maximum Gasteiger partial charge on any atom is 0.0624 e. The minimum Gasteiger partial charge on any atom is -0.396 e. The third-order valence-electron chi connectivity index (χ3n) is 2.38. The minimum absolute atomic E-state index is 0.222. The highest BCUT2D eigenvalue weighted by Gasteiger charge is 2.06. The van der Waals surface area contributed by atoms with Crippen molar-refractivity contribution in [3.8, 4) is 6.07 Å². The van der Waals surface area contributed by atoms with Gasteiger partial charge in [0, 0.05) is 13.0 Å². The third kappa shape index (κ3) is 7.80. The first-order valence-electron chi connectivity index (χ1n) is 5.33. The van der Waals surface area contributed by atoms with Gasteiger partial charge in [-0.05, 0) is 18.8 Å². The van der Waals surface area contributed by atoms with E-state index >= 15 is 0 Å². The molecule has 0 radical (unpaired) electrons. The molecule has 0 aliphatic carbocycles. The number of hydrogen-bond acceptors (Lipinski definition) is 2. The molecule has 2 nitrogen and oxygen atoms in total. The van der Waals surface area contributed by atoms with Crippen LogP contribution in [0.4, 0.5) is 0 Å². The van der Waals surface area contributed by atoms with Crippen LogP contribution in [0.1, 0.15) is 51.9 Å². The molecule has 0 saturated heterocycles. The topological polar surface area (TPSA) is 44.0 Å². The molecule has 0 aromatic heterocycles. The van der Waals surface area contributed by atoms with E-state index in [1.54, 1.807) is 0 Å². The Morgan fingerprint density at radius 1 is 1.23 bits per heavy atom. The third-order valence-corrected chi connectivity index (χ3v) is 2.38. The molecule has 0 aliphatic heterocycles. The number of aliphatic hydroxyl groups excluding tert-OH is 1. The van der Waals surface area contributed by atoms with Crippen LogP contribution in [0.2, 0.25) is 0 Å². The summed E-state index contributed by atoms with van der Waals surface area (Å²) in [4.78, 5) is 0. The van der Waals surface area contributed by atoms with Crippen molar-refractivity contribution in [1.29, 1.82) is 5.26 Å². The highest BCUT2D eigenvalue weighted by Crippen LogP contribution is 2.16. The maximum absolute atomic E-state index is 8.76. The largest absolute Gasteiger partial charge is 0.396 e. The lowest BCUT2D eigenvalue weighted by atomic mass is 9.95. The summed E-state index contributed by atoms with van der Waals surface area (Å²) in [6.45, 7) is 2.42. The monoisotopic (exact) mass is 183 g/mol. The van der Waals surface area contributed by atoms with Gasteiger partial charge < -0.3 is 5.11 Å². The van der Waals surface area contributed by atoms with E-state index < -0.39 is 0 Å². The zero-order valence-corrected chi connectivity index (χ0v) is 8.63. The molecule has 1 atom stereocenters. The Morgan fingerprint density at radius 3 is 2.54 bits per heavy atom. The quantitative estimate of drug-likeness (QED) is 0.588. The van der Waals surface area contributed by atoms with Crippen molar-refractivity contribution in [2.24, 2.45) is 5.92 Å². The predicted molar refractivity (Wildman–Crippen MR) is 54.2 cm³/mol. The van der Waals surface area contributed by atoms with E-state index in [-0.39, 0.29) is 6.61 Å². The van der Waals surface area contributed by atoms with Gasteiger partial charge in [-0.25, -0.2) is 0 Å². The molecule has 1 N–H and O–H groups in total. The number of aliphatic hydroxyl groups is 1. The van der Waals surface area contributed by atoms with Gasteiger partial charge in [0.05, 0.1) is 6.07 Å². The summed E-state index contributed by atoms with van der Waals surface area (Å²) in [5.74, 6) is 0.423. The van der Waals surface area contributed by atoms with Crippen molar-refractivity contribution >= 4 is 0 Å². The fraction of sp³-hybridized carbons (Fsp3) is 0.909. The van der Waals surface area contributed by atoms with Gasteiger partial charge in [0.1, 0.15) is 0 Å². The molecule has 2 heteroatoms. The van der Waals surface area contributed by atoms with Gasteiger partial charge in [0.2, 0.25) is 0 Å². The van der Waals surface area contributed by atoms with Gasteiger partial charge in [-0.15, -0.1) is 0 Å². The van der Waals surface area contributed by atoms with Crippen LogP contribution >= 0.6 is 0 Å². The summed E-state index contributed by atoms with van der Waals surface area (Å²) in [5.41, 5.74) is 0. The molecule has 0 amide bonds. The standard InChI is InChI=1S/C11H21NO/c1-2-3-4-5-6-11(7-9-12)8-10-13/h11,13H,2-8,10H2,1H3. The zero-order valence-electron chi connectivity index (χ0n) is 8.63. The number of hydrogen-bond donors (Lipinski definition) is 1. The van der Waals surface area contributed by atoms with Gasteiger partial charge in [-0.1, -0.05) is 32.6 Å². The van der Waals surface area contributed by atoms with Crippen LogP contribution in [-0.4, -0.2) is 11.7 Å². The van der Waals surface area contributed by atoms with Gasteiger partial charge in [-0.2, -0.15) is 5.26 Å². The lowest BCUT2D eigenvalue weighted by Gasteiger charge is -2.10. The molecule has 0 fully saturated rings. The fourth-order valence-electron chi connectivity index (χ4n) is 1.52. The molecule has 0 aliphatic rings. The molecule has 0 rings (SSSR count). The predicted octanol–water partition coefficient (Wildman–Crippen LogP) is 2.87. The Bertz CT molecular complexity index is 140. The average molecular weight is 183 g/mol. The SMILES string of the molecule is CCCCCCC(CC#N)CCO. The molecule has 1 unspecified atom stereocenters. The number of rotatable bonds is 8. The van der Waals surface area contributed by atoms with E-state index in [4.69, 9.17) is 10.4 Å². The highest BCUT2D eigenvalue weighted by molar-refractivity contribution is 4.75. The lowest BCUT2D eigenvalue weighted by Crippen LogP contribution is -2.02. The fourth-order valence-corrected chi connectivity index (χ4v) is 1.52. The van der Waals surface area contributed by atoms with E-state index in [1.165, 1.54) is 25.7 Å². The number of nitrogens with zero attached hydrogens (tertiary/aromatic N) is 1. The van der Waals surface area contributed by atoms with E-state index in [2.05, 4.69) is 13.0 Å². The van der Waals surface area contributed by atoms with Crippen LogP contribution in [0.25, 0.3) is 0 Å². The van der Waals surface area contributed by atoms with Crippen molar-refractivity contribution in [2.75, 3.05) is 6.61 Å². The summed E-state index contributed by atoms with van der Waals surface area (Å²) in [6, 6.07) is 2.18. The van der Waals surface area contributed by atoms with Crippen LogP contribution in [0.3, 0.4) is 0 Å². The van der Waals surface area contributed by atoms with Crippen molar-refractivity contribution in [3.63, 3.8) is 0 Å². The second-order valence-electron chi connectivity index (χ2n) is 3.59. The van der Waals surface area contributed by atoms with Gasteiger partial charge >= 0.3 is 0 Å². The van der Waals surface area contributed by atoms with Crippen LogP contribution in [0.5, 0.6) is 0 Å². The molecule has 0 heterocycles. The highest BCUT2D eigenvalue weighted by atomic mass is 16.3. The van der Waals surface area contributed by atoms with Gasteiger partial charge in [0.25, 0.3) is 0 Å². The Kier molecular flexibility index (Phi) is 9.13. The van der Waals surface area contributed by atoms with Gasteiger partial charge in [-0.3, -0.25) is 0 Å². The lowest BCUT2D eigenvalue weighted by molar-refractivity contribution is 0.251. The Labute approximate surface area is 81.6 Å². The Morgan fingerprint density at radius 2 is 2.00 bits per heavy atom. The van der Waals surface area contributed by atoms with E-state index in [0.29, 0.717) is 12.3 Å². The first-order valence-corrected chi connectivity index (χ1v) is 5.33. The Balaban J connectivity index is 3.40. The molecule has 13 heavy (non-hydrogen) atoms. The molecular formula is C11H21NO. The second-order valence-corrected chi connectivity index (χ2v) is 3.59.